The normalized spacial score (nSPS) is 10.4. The molecule has 0 aliphatic heterocycles. The second-order valence-electron chi connectivity index (χ2n) is 4.36. The summed E-state index contributed by atoms with van der Waals surface area (Å²) >= 11 is 5.75. The lowest BCUT2D eigenvalue weighted by molar-refractivity contribution is 0.0953. The first-order valence-corrected chi connectivity index (χ1v) is 6.69. The summed E-state index contributed by atoms with van der Waals surface area (Å²) in [5, 5.41) is 3.07. The van der Waals surface area contributed by atoms with E-state index >= 15 is 0 Å². The Balaban J connectivity index is 1.73. The Kier molecular flexibility index (Phi) is 4.95. The minimum absolute atomic E-state index is 0.227. The molecule has 20 heavy (non-hydrogen) atoms. The number of pyridine rings is 1. The standard InChI is InChI=1S/C13H16ClN5O/c14-12-7-10(11(15)8-18-12)13(20)17-3-1-2-5-19-6-4-16-9-19/h4,6-9H,1-3,5,15H2,(H,17,20). The SMILES string of the molecule is Nc1cnc(Cl)cc1C(=O)NCCCCn1ccnc1. The number of nitrogens with zero attached hydrogens (tertiary/aromatic N) is 3. The molecule has 7 heteroatoms. The van der Waals surface area contributed by atoms with E-state index < -0.39 is 0 Å². The Labute approximate surface area is 122 Å². The highest BCUT2D eigenvalue weighted by Gasteiger charge is 2.10. The van der Waals surface area contributed by atoms with Crippen LogP contribution >= 0.6 is 11.6 Å². The van der Waals surface area contributed by atoms with E-state index in [1.807, 2.05) is 10.8 Å². The molecule has 0 bridgehead atoms. The molecular weight excluding hydrogens is 278 g/mol. The molecule has 2 aromatic rings. The van der Waals surface area contributed by atoms with Gasteiger partial charge in [0.05, 0.1) is 23.8 Å². The number of anilines is 1. The number of aromatic nitrogens is 3. The van der Waals surface area contributed by atoms with Crippen molar-refractivity contribution in [2.24, 2.45) is 0 Å². The summed E-state index contributed by atoms with van der Waals surface area (Å²) in [4.78, 5) is 19.7. The lowest BCUT2D eigenvalue weighted by Crippen LogP contribution is -2.25. The van der Waals surface area contributed by atoms with E-state index in [0.29, 0.717) is 17.8 Å². The third-order valence-electron chi connectivity index (χ3n) is 2.83. The van der Waals surface area contributed by atoms with Crippen molar-refractivity contribution in [1.82, 2.24) is 19.9 Å². The molecule has 1 amide bonds. The van der Waals surface area contributed by atoms with Gasteiger partial charge in [0.2, 0.25) is 0 Å². The Morgan fingerprint density at radius 1 is 1.45 bits per heavy atom. The van der Waals surface area contributed by atoms with Crippen LogP contribution in [0.15, 0.2) is 31.0 Å². The van der Waals surface area contributed by atoms with E-state index in [1.165, 1.54) is 12.3 Å². The number of aryl methyl sites for hydroxylation is 1. The Bertz CT molecular complexity index is 570. The van der Waals surface area contributed by atoms with Crippen molar-refractivity contribution in [1.29, 1.82) is 0 Å². The summed E-state index contributed by atoms with van der Waals surface area (Å²) < 4.78 is 2.00. The number of nitrogens with one attached hydrogen (secondary N) is 1. The van der Waals surface area contributed by atoms with Gasteiger partial charge in [-0.2, -0.15) is 0 Å². The van der Waals surface area contributed by atoms with Crippen LogP contribution in [0, 0.1) is 0 Å². The van der Waals surface area contributed by atoms with Gasteiger partial charge in [-0.05, 0) is 18.9 Å². The van der Waals surface area contributed by atoms with Gasteiger partial charge in [0, 0.05) is 25.5 Å². The summed E-state index contributed by atoms with van der Waals surface area (Å²) in [7, 11) is 0. The van der Waals surface area contributed by atoms with E-state index in [-0.39, 0.29) is 11.1 Å². The molecule has 0 spiro atoms. The number of halogens is 1. The number of nitrogens with two attached hydrogens (primary N) is 1. The zero-order valence-electron chi connectivity index (χ0n) is 10.9. The topological polar surface area (TPSA) is 85.8 Å². The molecule has 0 aliphatic carbocycles. The van der Waals surface area contributed by atoms with Gasteiger partial charge in [-0.3, -0.25) is 4.79 Å². The fraction of sp³-hybridized carbons (Fsp3) is 0.308. The molecule has 0 atom stereocenters. The number of imidazole rings is 1. The van der Waals surface area contributed by atoms with Gasteiger partial charge in [-0.25, -0.2) is 9.97 Å². The van der Waals surface area contributed by atoms with Crippen molar-refractivity contribution in [2.75, 3.05) is 12.3 Å². The second-order valence-corrected chi connectivity index (χ2v) is 4.75. The van der Waals surface area contributed by atoms with E-state index in [2.05, 4.69) is 15.3 Å². The molecule has 0 unspecified atom stereocenters. The number of hydrogen-bond acceptors (Lipinski definition) is 4. The minimum atomic E-state index is -0.227. The molecule has 0 radical (unpaired) electrons. The third kappa shape index (κ3) is 3.96. The fourth-order valence-electron chi connectivity index (χ4n) is 1.77. The van der Waals surface area contributed by atoms with Crippen LogP contribution in [0.4, 0.5) is 5.69 Å². The number of rotatable bonds is 6. The maximum atomic E-state index is 11.9. The van der Waals surface area contributed by atoms with Crippen LogP contribution in [0.1, 0.15) is 23.2 Å². The van der Waals surface area contributed by atoms with E-state index in [0.717, 1.165) is 19.4 Å². The Morgan fingerprint density at radius 3 is 3.05 bits per heavy atom. The van der Waals surface area contributed by atoms with Crippen molar-refractivity contribution in [3.05, 3.63) is 41.7 Å². The average Bonchev–Trinajstić information content (AvgIpc) is 2.94. The maximum Gasteiger partial charge on any atom is 0.253 e. The van der Waals surface area contributed by atoms with Gasteiger partial charge in [-0.1, -0.05) is 11.6 Å². The predicted molar refractivity (Wildman–Crippen MR) is 77.5 cm³/mol. The van der Waals surface area contributed by atoms with E-state index in [9.17, 15) is 4.79 Å². The predicted octanol–water partition coefficient (Wildman–Crippen LogP) is 1.72. The third-order valence-corrected chi connectivity index (χ3v) is 3.04. The highest BCUT2D eigenvalue weighted by atomic mass is 35.5. The summed E-state index contributed by atoms with van der Waals surface area (Å²) in [6, 6.07) is 1.47. The summed E-state index contributed by atoms with van der Waals surface area (Å²) in [5.74, 6) is -0.227. The number of nitrogen functional groups attached to an aromatic ring is 1. The first-order chi connectivity index (χ1) is 9.66. The molecule has 0 saturated carbocycles. The van der Waals surface area contributed by atoms with Crippen molar-refractivity contribution in [2.45, 2.75) is 19.4 Å². The van der Waals surface area contributed by atoms with Crippen LogP contribution in [0.3, 0.4) is 0 Å². The van der Waals surface area contributed by atoms with Gasteiger partial charge < -0.3 is 15.6 Å². The molecular formula is C13H16ClN5O. The zero-order valence-corrected chi connectivity index (χ0v) is 11.7. The van der Waals surface area contributed by atoms with E-state index in [1.54, 1.807) is 12.5 Å². The molecule has 2 aromatic heterocycles. The highest BCUT2D eigenvalue weighted by molar-refractivity contribution is 6.29. The summed E-state index contributed by atoms with van der Waals surface area (Å²) in [6.07, 6.45) is 8.66. The van der Waals surface area contributed by atoms with Gasteiger partial charge in [0.25, 0.3) is 5.91 Å². The Hall–Kier alpha value is -2.08. The molecule has 0 aromatic carbocycles. The summed E-state index contributed by atoms with van der Waals surface area (Å²) in [5.41, 5.74) is 6.38. The average molecular weight is 294 g/mol. The van der Waals surface area contributed by atoms with Crippen LogP contribution in [0.2, 0.25) is 5.15 Å². The van der Waals surface area contributed by atoms with Crippen molar-refractivity contribution >= 4 is 23.2 Å². The summed E-state index contributed by atoms with van der Waals surface area (Å²) in [6.45, 7) is 1.48. The van der Waals surface area contributed by atoms with Crippen molar-refractivity contribution in [3.8, 4) is 0 Å². The quantitative estimate of drug-likeness (QED) is 0.627. The number of unbranched alkanes of at least 4 members (excludes halogenated alkanes) is 1. The monoisotopic (exact) mass is 293 g/mol. The van der Waals surface area contributed by atoms with Crippen molar-refractivity contribution in [3.63, 3.8) is 0 Å². The number of carbonyl (C=O) groups is 1. The lowest BCUT2D eigenvalue weighted by Gasteiger charge is -2.07. The van der Waals surface area contributed by atoms with Crippen molar-refractivity contribution < 1.29 is 4.79 Å². The molecule has 6 nitrogen and oxygen atoms in total. The number of amides is 1. The maximum absolute atomic E-state index is 11.9. The van der Waals surface area contributed by atoms with E-state index in [4.69, 9.17) is 17.3 Å². The number of hydrogen-bond donors (Lipinski definition) is 2. The van der Waals surface area contributed by atoms with Crippen LogP contribution < -0.4 is 11.1 Å². The van der Waals surface area contributed by atoms with Gasteiger partial charge in [0.1, 0.15) is 5.15 Å². The van der Waals surface area contributed by atoms with Gasteiger partial charge in [0.15, 0.2) is 0 Å². The fourth-order valence-corrected chi connectivity index (χ4v) is 1.93. The largest absolute Gasteiger partial charge is 0.397 e. The van der Waals surface area contributed by atoms with Crippen LogP contribution in [0.25, 0.3) is 0 Å². The molecule has 2 heterocycles. The molecule has 0 fully saturated rings. The highest BCUT2D eigenvalue weighted by Crippen LogP contribution is 2.14. The second kappa shape index (κ2) is 6.91. The Morgan fingerprint density at radius 2 is 2.30 bits per heavy atom. The first-order valence-electron chi connectivity index (χ1n) is 6.32. The van der Waals surface area contributed by atoms with Crippen LogP contribution in [0.5, 0.6) is 0 Å². The minimum Gasteiger partial charge on any atom is -0.397 e. The smallest absolute Gasteiger partial charge is 0.253 e. The lowest BCUT2D eigenvalue weighted by atomic mass is 10.2. The van der Waals surface area contributed by atoms with Gasteiger partial charge in [-0.15, -0.1) is 0 Å². The number of carbonyl (C=O) groups excluding carboxylic acids is 1. The van der Waals surface area contributed by atoms with Gasteiger partial charge >= 0.3 is 0 Å². The first kappa shape index (κ1) is 14.3. The molecule has 2 rings (SSSR count). The molecule has 0 saturated heterocycles. The molecule has 3 N–H and O–H groups in total. The van der Waals surface area contributed by atoms with Crippen LogP contribution in [-0.2, 0) is 6.54 Å². The molecule has 0 aliphatic rings. The molecule has 106 valence electrons. The van der Waals surface area contributed by atoms with Crippen LogP contribution in [-0.4, -0.2) is 27.0 Å². The zero-order chi connectivity index (χ0) is 14.4.